The predicted molar refractivity (Wildman–Crippen MR) is 67.6 cm³/mol. The third-order valence-electron chi connectivity index (χ3n) is 2.88. The molecule has 0 atom stereocenters. The number of aromatic nitrogens is 2. The number of carbonyl (C=O) groups excluding carboxylic acids is 1. The number of furan rings is 1. The number of ketones is 1. The van der Waals surface area contributed by atoms with E-state index in [-0.39, 0.29) is 5.78 Å². The highest BCUT2D eigenvalue weighted by Gasteiger charge is 2.18. The van der Waals surface area contributed by atoms with Gasteiger partial charge >= 0.3 is 0 Å². The van der Waals surface area contributed by atoms with Crippen LogP contribution in [0.2, 0.25) is 0 Å². The molecule has 18 heavy (non-hydrogen) atoms. The van der Waals surface area contributed by atoms with E-state index in [9.17, 15) is 4.79 Å². The van der Waals surface area contributed by atoms with Crippen LogP contribution in [0.5, 0.6) is 0 Å². The fourth-order valence-electron chi connectivity index (χ4n) is 2.04. The summed E-state index contributed by atoms with van der Waals surface area (Å²) < 4.78 is 7.13. The number of para-hydroxylation sites is 1. The first-order valence-electron chi connectivity index (χ1n) is 5.69. The molecule has 2 aromatic heterocycles. The highest BCUT2D eigenvalue weighted by atomic mass is 16.3. The lowest BCUT2D eigenvalue weighted by Gasteiger charge is -1.96. The van der Waals surface area contributed by atoms with Crippen molar-refractivity contribution >= 4 is 16.8 Å². The smallest absolute Gasteiger partial charge is 0.246 e. The van der Waals surface area contributed by atoms with Crippen molar-refractivity contribution in [1.29, 1.82) is 0 Å². The summed E-state index contributed by atoms with van der Waals surface area (Å²) in [5, 5.41) is 5.10. The first kappa shape index (κ1) is 10.8. The Morgan fingerprint density at radius 3 is 2.72 bits per heavy atom. The second-order valence-electron chi connectivity index (χ2n) is 4.27. The molecule has 0 aliphatic heterocycles. The number of benzene rings is 1. The highest BCUT2D eigenvalue weighted by molar-refractivity contribution is 6.08. The molecule has 0 amide bonds. The van der Waals surface area contributed by atoms with Crippen molar-refractivity contribution < 1.29 is 9.21 Å². The minimum atomic E-state index is -0.144. The van der Waals surface area contributed by atoms with Gasteiger partial charge in [0.1, 0.15) is 11.3 Å². The van der Waals surface area contributed by atoms with Gasteiger partial charge in [0, 0.05) is 12.4 Å². The number of nitrogens with zero attached hydrogens (tertiary/aromatic N) is 2. The monoisotopic (exact) mass is 240 g/mol. The van der Waals surface area contributed by atoms with Gasteiger partial charge in [-0.15, -0.1) is 0 Å². The van der Waals surface area contributed by atoms with E-state index >= 15 is 0 Å². The second-order valence-corrected chi connectivity index (χ2v) is 4.27. The summed E-state index contributed by atoms with van der Waals surface area (Å²) in [6.07, 6.45) is 0. The SMILES string of the molecule is Cc1cc(C(=O)c2cc3ccccc3o2)n(C)n1. The summed E-state index contributed by atoms with van der Waals surface area (Å²) in [7, 11) is 1.75. The molecule has 0 aliphatic carbocycles. The minimum absolute atomic E-state index is 0.144. The molecule has 3 aromatic rings. The first-order valence-corrected chi connectivity index (χ1v) is 5.69. The number of aryl methyl sites for hydroxylation is 2. The van der Waals surface area contributed by atoms with Gasteiger partial charge in [-0.25, -0.2) is 0 Å². The molecular weight excluding hydrogens is 228 g/mol. The van der Waals surface area contributed by atoms with Gasteiger partial charge in [-0.1, -0.05) is 18.2 Å². The molecule has 2 heterocycles. The minimum Gasteiger partial charge on any atom is -0.453 e. The number of hydrogen-bond acceptors (Lipinski definition) is 3. The zero-order chi connectivity index (χ0) is 12.7. The Labute approximate surface area is 104 Å². The van der Waals surface area contributed by atoms with E-state index < -0.39 is 0 Å². The molecular formula is C14H12N2O2. The van der Waals surface area contributed by atoms with E-state index in [0.29, 0.717) is 11.5 Å². The van der Waals surface area contributed by atoms with Gasteiger partial charge in [-0.3, -0.25) is 9.48 Å². The molecule has 0 saturated heterocycles. The van der Waals surface area contributed by atoms with Crippen molar-refractivity contribution in [2.75, 3.05) is 0 Å². The Kier molecular flexibility index (Phi) is 2.30. The van der Waals surface area contributed by atoms with Crippen LogP contribution in [0.1, 0.15) is 21.9 Å². The van der Waals surface area contributed by atoms with Gasteiger partial charge in [0.05, 0.1) is 5.69 Å². The van der Waals surface area contributed by atoms with Gasteiger partial charge in [0.15, 0.2) is 5.76 Å². The molecule has 0 spiro atoms. The zero-order valence-corrected chi connectivity index (χ0v) is 10.2. The van der Waals surface area contributed by atoms with Crippen molar-refractivity contribution in [3.63, 3.8) is 0 Å². The maximum atomic E-state index is 12.3. The van der Waals surface area contributed by atoms with Crippen LogP contribution in [0.25, 0.3) is 11.0 Å². The Hall–Kier alpha value is -2.36. The van der Waals surface area contributed by atoms with E-state index in [0.717, 1.165) is 16.7 Å². The van der Waals surface area contributed by atoms with Crippen LogP contribution in [0.15, 0.2) is 40.8 Å². The standard InChI is InChI=1S/C14H12N2O2/c1-9-7-11(16(2)15-9)14(17)13-8-10-5-3-4-6-12(10)18-13/h3-8H,1-2H3. The number of hydrogen-bond donors (Lipinski definition) is 0. The normalized spacial score (nSPS) is 11.0. The third kappa shape index (κ3) is 1.62. The number of rotatable bonds is 2. The van der Waals surface area contributed by atoms with E-state index in [1.165, 1.54) is 0 Å². The lowest BCUT2D eigenvalue weighted by Crippen LogP contribution is -2.07. The van der Waals surface area contributed by atoms with Crippen molar-refractivity contribution in [2.45, 2.75) is 6.92 Å². The molecule has 0 aliphatic rings. The summed E-state index contributed by atoms with van der Waals surface area (Å²) in [4.78, 5) is 12.3. The van der Waals surface area contributed by atoms with Gasteiger partial charge in [-0.2, -0.15) is 5.10 Å². The van der Waals surface area contributed by atoms with Crippen LogP contribution in [-0.4, -0.2) is 15.6 Å². The predicted octanol–water partition coefficient (Wildman–Crippen LogP) is 2.71. The molecule has 0 fully saturated rings. The molecule has 0 bridgehead atoms. The van der Waals surface area contributed by atoms with Crippen molar-refractivity contribution in [2.24, 2.45) is 7.05 Å². The summed E-state index contributed by atoms with van der Waals surface area (Å²) in [6, 6.07) is 11.1. The van der Waals surface area contributed by atoms with Crippen LogP contribution >= 0.6 is 0 Å². The average molecular weight is 240 g/mol. The first-order chi connectivity index (χ1) is 8.65. The molecule has 4 heteroatoms. The Morgan fingerprint density at radius 2 is 2.06 bits per heavy atom. The fraction of sp³-hybridized carbons (Fsp3) is 0.143. The molecule has 4 nitrogen and oxygen atoms in total. The van der Waals surface area contributed by atoms with Crippen LogP contribution in [-0.2, 0) is 7.05 Å². The average Bonchev–Trinajstić information content (AvgIpc) is 2.91. The Morgan fingerprint density at radius 1 is 1.28 bits per heavy atom. The Bertz CT molecular complexity index is 704. The number of fused-ring (bicyclic) bond motifs is 1. The second kappa shape index (κ2) is 3.84. The lowest BCUT2D eigenvalue weighted by molar-refractivity contribution is 0.100. The zero-order valence-electron chi connectivity index (χ0n) is 10.2. The van der Waals surface area contributed by atoms with E-state index in [4.69, 9.17) is 4.42 Å². The molecule has 0 unspecified atom stereocenters. The van der Waals surface area contributed by atoms with Gasteiger partial charge in [0.2, 0.25) is 5.78 Å². The van der Waals surface area contributed by atoms with Gasteiger partial charge in [-0.05, 0) is 25.1 Å². The lowest BCUT2D eigenvalue weighted by atomic mass is 10.2. The summed E-state index contributed by atoms with van der Waals surface area (Å²) in [6.45, 7) is 1.86. The summed E-state index contributed by atoms with van der Waals surface area (Å²) in [5.74, 6) is 0.202. The quantitative estimate of drug-likeness (QED) is 0.647. The largest absolute Gasteiger partial charge is 0.453 e. The van der Waals surface area contributed by atoms with E-state index in [1.807, 2.05) is 31.2 Å². The van der Waals surface area contributed by atoms with Crippen molar-refractivity contribution in [3.05, 3.63) is 53.5 Å². The van der Waals surface area contributed by atoms with Gasteiger partial charge < -0.3 is 4.42 Å². The van der Waals surface area contributed by atoms with Gasteiger partial charge in [0.25, 0.3) is 0 Å². The molecule has 0 radical (unpaired) electrons. The molecule has 90 valence electrons. The van der Waals surface area contributed by atoms with E-state index in [2.05, 4.69) is 5.10 Å². The van der Waals surface area contributed by atoms with Crippen LogP contribution in [0.4, 0.5) is 0 Å². The summed E-state index contributed by atoms with van der Waals surface area (Å²) >= 11 is 0. The van der Waals surface area contributed by atoms with Crippen molar-refractivity contribution in [1.82, 2.24) is 9.78 Å². The third-order valence-corrected chi connectivity index (χ3v) is 2.88. The van der Waals surface area contributed by atoms with Crippen LogP contribution in [0, 0.1) is 6.92 Å². The fourth-order valence-corrected chi connectivity index (χ4v) is 2.04. The number of carbonyl (C=O) groups is 1. The van der Waals surface area contributed by atoms with Crippen LogP contribution in [0.3, 0.4) is 0 Å². The molecule has 3 rings (SSSR count). The summed E-state index contributed by atoms with van der Waals surface area (Å²) in [5.41, 5.74) is 2.07. The maximum Gasteiger partial charge on any atom is 0.246 e. The molecule has 0 saturated carbocycles. The van der Waals surface area contributed by atoms with Crippen LogP contribution < -0.4 is 0 Å². The maximum absolute atomic E-state index is 12.3. The highest BCUT2D eigenvalue weighted by Crippen LogP contribution is 2.21. The topological polar surface area (TPSA) is 48.0 Å². The molecule has 0 N–H and O–H groups in total. The Balaban J connectivity index is 2.09. The molecule has 1 aromatic carbocycles. The van der Waals surface area contributed by atoms with E-state index in [1.54, 1.807) is 23.9 Å². The van der Waals surface area contributed by atoms with Crippen molar-refractivity contribution in [3.8, 4) is 0 Å².